The van der Waals surface area contributed by atoms with Crippen molar-refractivity contribution in [1.82, 2.24) is 0 Å². The van der Waals surface area contributed by atoms with Crippen LogP contribution in [0.5, 0.6) is 0 Å². The zero-order valence-corrected chi connectivity index (χ0v) is 16.7. The summed E-state index contributed by atoms with van der Waals surface area (Å²) in [4.78, 5) is 14.7. The molecule has 1 aliphatic carbocycles. The number of fused-ring (bicyclic) bond motifs is 1. The molecule has 0 radical (unpaired) electrons. The largest absolute Gasteiger partial charge is 0.359 e. The molecule has 152 valence electrons. The maximum absolute atomic E-state index is 14.2. The molecule has 2 aromatic carbocycles. The highest BCUT2D eigenvalue weighted by Crippen LogP contribution is 2.50. The van der Waals surface area contributed by atoms with Crippen molar-refractivity contribution in [3.05, 3.63) is 76.7 Å². The zero-order chi connectivity index (χ0) is 20.9. The fourth-order valence-electron chi connectivity index (χ4n) is 3.81. The van der Waals surface area contributed by atoms with Gasteiger partial charge in [0.15, 0.2) is 0 Å². The van der Waals surface area contributed by atoms with Gasteiger partial charge in [0.25, 0.3) is 0 Å². The van der Waals surface area contributed by atoms with E-state index in [0.717, 1.165) is 34.5 Å². The summed E-state index contributed by atoms with van der Waals surface area (Å²) in [5, 5.41) is 17.5. The maximum Gasteiger partial charge on any atom is 0.235 e. The zero-order valence-electron chi connectivity index (χ0n) is 15.8. The Balaban J connectivity index is 1.33. The lowest BCUT2D eigenvalue weighted by Crippen LogP contribution is -2.39. The van der Waals surface area contributed by atoms with Crippen LogP contribution in [-0.2, 0) is 10.2 Å². The highest BCUT2D eigenvalue weighted by Gasteiger charge is 2.53. The SMILES string of the molecule is N=C1c2ccsc2NCN1c1ccc(NC(=O)C2(c3cc(F)ccc3F)CC2)cc1. The Kier molecular flexibility index (Phi) is 4.32. The van der Waals surface area contributed by atoms with Gasteiger partial charge in [0.1, 0.15) is 22.5 Å². The van der Waals surface area contributed by atoms with Gasteiger partial charge >= 0.3 is 0 Å². The number of carbonyl (C=O) groups is 1. The molecular formula is C22H18F2N4OS. The number of thiophene rings is 1. The molecular weight excluding hydrogens is 406 g/mol. The number of halogens is 2. The highest BCUT2D eigenvalue weighted by molar-refractivity contribution is 7.14. The van der Waals surface area contributed by atoms with Crippen molar-refractivity contribution in [2.75, 3.05) is 22.2 Å². The van der Waals surface area contributed by atoms with Crippen LogP contribution < -0.4 is 15.5 Å². The van der Waals surface area contributed by atoms with Gasteiger partial charge in [0.05, 0.1) is 17.6 Å². The molecule has 8 heteroatoms. The van der Waals surface area contributed by atoms with Gasteiger partial charge < -0.3 is 15.5 Å². The molecule has 5 rings (SSSR count). The van der Waals surface area contributed by atoms with Crippen LogP contribution in [0.15, 0.2) is 53.9 Å². The van der Waals surface area contributed by atoms with Gasteiger partial charge in [0, 0.05) is 16.9 Å². The van der Waals surface area contributed by atoms with Gasteiger partial charge in [-0.15, -0.1) is 11.3 Å². The van der Waals surface area contributed by atoms with E-state index >= 15 is 0 Å². The lowest BCUT2D eigenvalue weighted by Gasteiger charge is -2.30. The third kappa shape index (κ3) is 3.04. The molecule has 0 atom stereocenters. The van der Waals surface area contributed by atoms with Crippen LogP contribution in [0.4, 0.5) is 25.2 Å². The van der Waals surface area contributed by atoms with Crippen LogP contribution in [0.25, 0.3) is 0 Å². The predicted molar refractivity (Wildman–Crippen MR) is 114 cm³/mol. The van der Waals surface area contributed by atoms with Gasteiger partial charge in [-0.05, 0) is 66.8 Å². The molecule has 0 spiro atoms. The van der Waals surface area contributed by atoms with Crippen molar-refractivity contribution in [2.45, 2.75) is 18.3 Å². The Labute approximate surface area is 175 Å². The summed E-state index contributed by atoms with van der Waals surface area (Å²) in [7, 11) is 0. The van der Waals surface area contributed by atoms with Crippen LogP contribution in [-0.4, -0.2) is 18.4 Å². The fourth-order valence-corrected chi connectivity index (χ4v) is 4.59. The van der Waals surface area contributed by atoms with Crippen molar-refractivity contribution >= 4 is 39.5 Å². The number of nitrogens with zero attached hydrogens (tertiary/aromatic N) is 1. The molecule has 5 nitrogen and oxygen atoms in total. The third-order valence-electron chi connectivity index (χ3n) is 5.65. The number of amidine groups is 1. The van der Waals surface area contributed by atoms with E-state index in [2.05, 4.69) is 10.6 Å². The highest BCUT2D eigenvalue weighted by atomic mass is 32.1. The average molecular weight is 424 g/mol. The Morgan fingerprint density at radius 3 is 2.63 bits per heavy atom. The predicted octanol–water partition coefficient (Wildman–Crippen LogP) is 4.91. The smallest absolute Gasteiger partial charge is 0.235 e. The molecule has 0 saturated heterocycles. The number of carbonyl (C=O) groups excluding carboxylic acids is 1. The monoisotopic (exact) mass is 424 g/mol. The second-order valence-electron chi connectivity index (χ2n) is 7.48. The second-order valence-corrected chi connectivity index (χ2v) is 8.40. The number of amides is 1. The van der Waals surface area contributed by atoms with E-state index in [0.29, 0.717) is 31.0 Å². The summed E-state index contributed by atoms with van der Waals surface area (Å²) in [6.45, 7) is 0.486. The summed E-state index contributed by atoms with van der Waals surface area (Å²) in [5.74, 6) is -1.04. The number of hydrogen-bond donors (Lipinski definition) is 3. The number of benzene rings is 2. The topological polar surface area (TPSA) is 68.2 Å². The van der Waals surface area contributed by atoms with Crippen LogP contribution in [0.3, 0.4) is 0 Å². The first kappa shape index (κ1) is 18.7. The van der Waals surface area contributed by atoms with Crippen LogP contribution >= 0.6 is 11.3 Å². The van der Waals surface area contributed by atoms with Crippen LogP contribution in [0.2, 0.25) is 0 Å². The normalized spacial score (nSPS) is 16.6. The van der Waals surface area contributed by atoms with Crippen LogP contribution in [0, 0.1) is 17.0 Å². The first-order valence-electron chi connectivity index (χ1n) is 9.53. The lowest BCUT2D eigenvalue weighted by atomic mass is 9.94. The standard InChI is InChI=1S/C22H18F2N4OS/c23-13-1-6-18(24)17(11-13)22(8-9-22)21(29)27-14-2-4-15(5-3-14)28-12-26-20-16(19(28)25)7-10-30-20/h1-7,10-11,25-26H,8-9,12H2,(H,27,29). The molecule has 2 aliphatic rings. The summed E-state index contributed by atoms with van der Waals surface area (Å²) in [5.41, 5.74) is 1.34. The minimum absolute atomic E-state index is 0.107. The fraction of sp³-hybridized carbons (Fsp3) is 0.182. The van der Waals surface area contributed by atoms with Gasteiger partial charge in [-0.1, -0.05) is 0 Å². The van der Waals surface area contributed by atoms with Gasteiger partial charge in [-0.25, -0.2) is 8.78 Å². The first-order chi connectivity index (χ1) is 14.5. The molecule has 2 heterocycles. The first-order valence-corrected chi connectivity index (χ1v) is 10.4. The minimum Gasteiger partial charge on any atom is -0.359 e. The van der Waals surface area contributed by atoms with Crippen molar-refractivity contribution < 1.29 is 13.6 Å². The Bertz CT molecular complexity index is 1150. The minimum atomic E-state index is -1.01. The molecule has 3 aromatic rings. The molecule has 3 N–H and O–H groups in total. The van der Waals surface area contributed by atoms with Crippen LogP contribution in [0.1, 0.15) is 24.0 Å². The summed E-state index contributed by atoms with van der Waals surface area (Å²) >= 11 is 1.57. The molecule has 0 bridgehead atoms. The van der Waals surface area contributed by atoms with Crippen molar-refractivity contribution in [2.24, 2.45) is 0 Å². The Morgan fingerprint density at radius 1 is 1.13 bits per heavy atom. The van der Waals surface area contributed by atoms with Gasteiger partial charge in [-0.2, -0.15) is 0 Å². The molecule has 1 aliphatic heterocycles. The molecule has 1 aromatic heterocycles. The van der Waals surface area contributed by atoms with E-state index in [1.807, 2.05) is 28.5 Å². The van der Waals surface area contributed by atoms with Crippen molar-refractivity contribution in [1.29, 1.82) is 5.41 Å². The van der Waals surface area contributed by atoms with E-state index < -0.39 is 17.0 Å². The van der Waals surface area contributed by atoms with Gasteiger partial charge in [0.2, 0.25) is 5.91 Å². The number of rotatable bonds is 4. The van der Waals surface area contributed by atoms with E-state index in [1.54, 1.807) is 23.5 Å². The quantitative estimate of drug-likeness (QED) is 0.557. The third-order valence-corrected chi connectivity index (χ3v) is 6.53. The molecule has 1 amide bonds. The molecule has 1 fully saturated rings. The Hall–Kier alpha value is -3.26. The average Bonchev–Trinajstić information content (AvgIpc) is 3.41. The summed E-state index contributed by atoms with van der Waals surface area (Å²) in [6.07, 6.45) is 0.966. The lowest BCUT2D eigenvalue weighted by molar-refractivity contribution is -0.118. The summed E-state index contributed by atoms with van der Waals surface area (Å²) in [6, 6.07) is 12.3. The molecule has 1 saturated carbocycles. The maximum atomic E-state index is 14.2. The number of anilines is 3. The number of hydrogen-bond acceptors (Lipinski definition) is 4. The van der Waals surface area contributed by atoms with E-state index in [1.165, 1.54) is 0 Å². The van der Waals surface area contributed by atoms with E-state index in [-0.39, 0.29) is 11.5 Å². The molecule has 30 heavy (non-hydrogen) atoms. The summed E-state index contributed by atoms with van der Waals surface area (Å²) < 4.78 is 27.8. The second kappa shape index (κ2) is 6.91. The number of nitrogens with one attached hydrogen (secondary N) is 3. The van der Waals surface area contributed by atoms with Crippen molar-refractivity contribution in [3.8, 4) is 0 Å². The molecule has 0 unspecified atom stereocenters. The Morgan fingerprint density at radius 2 is 1.90 bits per heavy atom. The van der Waals surface area contributed by atoms with E-state index in [9.17, 15) is 13.6 Å². The van der Waals surface area contributed by atoms with E-state index in [4.69, 9.17) is 5.41 Å². The van der Waals surface area contributed by atoms with Crippen molar-refractivity contribution in [3.63, 3.8) is 0 Å². The van der Waals surface area contributed by atoms with Gasteiger partial charge in [-0.3, -0.25) is 10.2 Å².